The first-order valence-electron chi connectivity index (χ1n) is 18.0. The van der Waals surface area contributed by atoms with Crippen LogP contribution in [0.5, 0.6) is 0 Å². The summed E-state index contributed by atoms with van der Waals surface area (Å²) in [6.45, 7) is 0. The molecule has 0 saturated heterocycles. The number of hydrogen-bond donors (Lipinski definition) is 1. The molecule has 4 heterocycles. The Balaban J connectivity index is 1.12. The van der Waals surface area contributed by atoms with Gasteiger partial charge in [-0.1, -0.05) is 140 Å². The van der Waals surface area contributed by atoms with Crippen LogP contribution in [0, 0.1) is 0 Å². The third kappa shape index (κ3) is 4.14. The van der Waals surface area contributed by atoms with Crippen LogP contribution in [0.15, 0.2) is 173 Å². The first-order valence-corrected chi connectivity index (χ1v) is 18.8. The van der Waals surface area contributed by atoms with Gasteiger partial charge < -0.3 is 4.42 Å². The standard InChI is InChI=1S/C48H29N3OS/c1-2-12-31-27-32(26-23-28(31)11-1)29-21-24-30(25-22-29)44-43-36-16-6-9-19-39(36)52-47(43)50-48(49-44)51-38-18-8-5-15-35(38)41-42-37-17-7-10-20-40(37)53-46(42)34-14-4-3-13-33(34)45(41)51/h1-27,44H,(H,49,50). The zero-order valence-corrected chi connectivity index (χ0v) is 29.2. The minimum atomic E-state index is -0.288. The highest BCUT2D eigenvalue weighted by Crippen LogP contribution is 2.48. The summed E-state index contributed by atoms with van der Waals surface area (Å²) in [6, 6.07) is 58.5. The van der Waals surface area contributed by atoms with Gasteiger partial charge in [0.05, 0.1) is 16.6 Å². The lowest BCUT2D eigenvalue weighted by Crippen LogP contribution is -2.27. The van der Waals surface area contributed by atoms with Crippen LogP contribution in [0.25, 0.3) is 85.6 Å². The number of anilines is 1. The summed E-state index contributed by atoms with van der Waals surface area (Å²) in [6.07, 6.45) is 0. The monoisotopic (exact) mass is 695 g/mol. The van der Waals surface area contributed by atoms with E-state index in [1.165, 1.54) is 63.6 Å². The average molecular weight is 696 g/mol. The number of nitrogens with zero attached hydrogens (tertiary/aromatic N) is 2. The number of para-hydroxylation sites is 2. The van der Waals surface area contributed by atoms with Crippen molar-refractivity contribution in [3.05, 3.63) is 175 Å². The SMILES string of the molecule is c1ccc2cc(-c3ccc(C4N=C(n5c6ccccc6c6c7c8ccccc8sc7c7ccccc7c65)Nc5oc6ccccc6c54)cc3)ccc2c1. The Hall–Kier alpha value is -6.69. The van der Waals surface area contributed by atoms with Gasteiger partial charge in [-0.2, -0.15) is 0 Å². The minimum absolute atomic E-state index is 0.288. The Morgan fingerprint density at radius 3 is 2.11 bits per heavy atom. The van der Waals surface area contributed by atoms with Crippen LogP contribution in [0.1, 0.15) is 17.2 Å². The molecule has 11 aromatic rings. The summed E-state index contributed by atoms with van der Waals surface area (Å²) in [5.74, 6) is 1.48. The third-order valence-corrected chi connectivity index (χ3v) is 12.3. The van der Waals surface area contributed by atoms with Crippen LogP contribution < -0.4 is 5.32 Å². The van der Waals surface area contributed by atoms with Gasteiger partial charge >= 0.3 is 0 Å². The maximum atomic E-state index is 6.63. The first kappa shape index (κ1) is 28.9. The van der Waals surface area contributed by atoms with Gasteiger partial charge in [0.15, 0.2) is 0 Å². The molecular weight excluding hydrogens is 667 g/mol. The number of fused-ring (bicyclic) bond motifs is 14. The van der Waals surface area contributed by atoms with E-state index in [2.05, 4.69) is 162 Å². The predicted molar refractivity (Wildman–Crippen MR) is 224 cm³/mol. The number of furan rings is 1. The van der Waals surface area contributed by atoms with Gasteiger partial charge in [0.2, 0.25) is 11.8 Å². The lowest BCUT2D eigenvalue weighted by Gasteiger charge is -2.24. The van der Waals surface area contributed by atoms with Crippen LogP contribution >= 0.6 is 11.3 Å². The fourth-order valence-electron chi connectivity index (χ4n) is 8.67. The van der Waals surface area contributed by atoms with E-state index in [9.17, 15) is 0 Å². The van der Waals surface area contributed by atoms with Crippen LogP contribution in [0.4, 0.5) is 5.88 Å². The van der Waals surface area contributed by atoms with E-state index in [4.69, 9.17) is 9.41 Å². The van der Waals surface area contributed by atoms with Gasteiger partial charge in [0.25, 0.3) is 0 Å². The molecule has 53 heavy (non-hydrogen) atoms. The molecule has 0 bridgehead atoms. The fourth-order valence-corrected chi connectivity index (χ4v) is 9.92. The van der Waals surface area contributed by atoms with Crippen LogP contribution in [0.2, 0.25) is 0 Å². The molecule has 1 unspecified atom stereocenters. The van der Waals surface area contributed by atoms with Crippen LogP contribution in [-0.2, 0) is 0 Å². The summed E-state index contributed by atoms with van der Waals surface area (Å²) < 4.78 is 11.6. The van der Waals surface area contributed by atoms with Crippen molar-refractivity contribution in [3.63, 3.8) is 0 Å². The molecule has 1 atom stereocenters. The number of aromatic nitrogens is 1. The first-order chi connectivity index (χ1) is 26.3. The second-order valence-electron chi connectivity index (χ2n) is 13.9. The summed E-state index contributed by atoms with van der Waals surface area (Å²) >= 11 is 1.88. The van der Waals surface area contributed by atoms with Gasteiger partial charge in [-0.3, -0.25) is 9.88 Å². The quantitative estimate of drug-likeness (QED) is 0.196. The maximum Gasteiger partial charge on any atom is 0.211 e. The van der Waals surface area contributed by atoms with Crippen molar-refractivity contribution in [1.29, 1.82) is 0 Å². The second kappa shape index (κ2) is 10.9. The van der Waals surface area contributed by atoms with Crippen molar-refractivity contribution < 1.29 is 4.42 Å². The summed E-state index contributed by atoms with van der Waals surface area (Å²) in [5, 5.41) is 14.8. The molecule has 0 saturated carbocycles. The number of nitrogens with one attached hydrogen (secondary N) is 1. The van der Waals surface area contributed by atoms with E-state index < -0.39 is 0 Å². The van der Waals surface area contributed by atoms with Crippen LogP contribution in [0.3, 0.4) is 0 Å². The number of rotatable bonds is 2. The van der Waals surface area contributed by atoms with E-state index >= 15 is 0 Å². The molecule has 4 nitrogen and oxygen atoms in total. The zero-order valence-electron chi connectivity index (χ0n) is 28.4. The minimum Gasteiger partial charge on any atom is -0.440 e. The highest BCUT2D eigenvalue weighted by molar-refractivity contribution is 7.27. The molecule has 1 aliphatic rings. The van der Waals surface area contributed by atoms with E-state index in [0.717, 1.165) is 45.0 Å². The molecule has 5 heteroatoms. The van der Waals surface area contributed by atoms with Crippen molar-refractivity contribution in [3.8, 4) is 11.1 Å². The fraction of sp³-hybridized carbons (Fsp3) is 0.0208. The van der Waals surface area contributed by atoms with E-state index in [-0.39, 0.29) is 6.04 Å². The molecule has 248 valence electrons. The Labute approximate surface area is 307 Å². The molecule has 0 aliphatic carbocycles. The Morgan fingerprint density at radius 2 is 1.25 bits per heavy atom. The molecule has 1 N–H and O–H groups in total. The highest BCUT2D eigenvalue weighted by atomic mass is 32.1. The van der Waals surface area contributed by atoms with E-state index in [0.29, 0.717) is 0 Å². The van der Waals surface area contributed by atoms with Crippen molar-refractivity contribution in [2.75, 3.05) is 5.32 Å². The molecule has 3 aromatic heterocycles. The number of aliphatic imine (C=N–C) groups is 1. The van der Waals surface area contributed by atoms with Crippen molar-refractivity contribution in [2.24, 2.45) is 4.99 Å². The number of hydrogen-bond acceptors (Lipinski definition) is 4. The molecule has 0 fully saturated rings. The lowest BCUT2D eigenvalue weighted by molar-refractivity contribution is 0.623. The van der Waals surface area contributed by atoms with Crippen molar-refractivity contribution >= 4 is 97.7 Å². The third-order valence-electron chi connectivity index (χ3n) is 11.1. The summed E-state index contributed by atoms with van der Waals surface area (Å²) in [4.78, 5) is 5.65. The predicted octanol–water partition coefficient (Wildman–Crippen LogP) is 13.3. The molecule has 8 aromatic carbocycles. The van der Waals surface area contributed by atoms with Gasteiger partial charge in [-0.25, -0.2) is 4.99 Å². The van der Waals surface area contributed by atoms with E-state index in [1.807, 2.05) is 23.5 Å². The highest BCUT2D eigenvalue weighted by Gasteiger charge is 2.32. The summed E-state index contributed by atoms with van der Waals surface area (Å²) in [7, 11) is 0. The lowest BCUT2D eigenvalue weighted by atomic mass is 9.94. The van der Waals surface area contributed by atoms with Gasteiger partial charge in [0.1, 0.15) is 11.6 Å². The molecule has 1 aliphatic heterocycles. The topological polar surface area (TPSA) is 42.5 Å². The molecule has 0 amide bonds. The number of benzene rings is 8. The van der Waals surface area contributed by atoms with Crippen molar-refractivity contribution in [1.82, 2.24) is 4.57 Å². The number of thiophene rings is 1. The van der Waals surface area contributed by atoms with Gasteiger partial charge in [0, 0.05) is 47.1 Å². The van der Waals surface area contributed by atoms with Gasteiger partial charge in [-0.15, -0.1) is 11.3 Å². The van der Waals surface area contributed by atoms with Gasteiger partial charge in [-0.05, 0) is 51.7 Å². The van der Waals surface area contributed by atoms with E-state index in [1.54, 1.807) is 0 Å². The molecular formula is C48H29N3OS. The molecule has 0 radical (unpaired) electrons. The Kier molecular flexibility index (Phi) is 5.96. The van der Waals surface area contributed by atoms with Crippen LogP contribution in [-0.4, -0.2) is 10.5 Å². The Bertz CT molecular complexity index is 3330. The zero-order chi connectivity index (χ0) is 34.6. The maximum absolute atomic E-state index is 6.63. The molecule has 12 rings (SSSR count). The second-order valence-corrected chi connectivity index (χ2v) is 15.0. The molecule has 0 spiro atoms. The summed E-state index contributed by atoms with van der Waals surface area (Å²) in [5.41, 5.74) is 7.64. The van der Waals surface area contributed by atoms with Crippen molar-refractivity contribution in [2.45, 2.75) is 6.04 Å². The largest absolute Gasteiger partial charge is 0.440 e. The normalized spacial score (nSPS) is 14.5. The average Bonchev–Trinajstić information content (AvgIpc) is 3.90. The Morgan fingerprint density at radius 1 is 0.566 bits per heavy atom. The smallest absolute Gasteiger partial charge is 0.211 e.